The Morgan fingerprint density at radius 3 is 2.00 bits per heavy atom. The van der Waals surface area contributed by atoms with E-state index in [1.54, 1.807) is 0 Å². The molecule has 1 aromatic carbocycles. The van der Waals surface area contributed by atoms with Gasteiger partial charge in [0.05, 0.1) is 0 Å². The first-order valence-electron chi connectivity index (χ1n) is 7.28. The molecule has 0 amide bonds. The standard InChI is InChI=1S/C17H29NS/c1-7-15(18)16(17(4,5)6)19-14-10-8-13(9-11-14)12(2)3/h8-12,15-16H,7,18H2,1-6H3. The zero-order valence-electron chi connectivity index (χ0n) is 13.2. The van der Waals surface area contributed by atoms with Crippen LogP contribution in [0.1, 0.15) is 59.4 Å². The summed E-state index contributed by atoms with van der Waals surface area (Å²) in [5, 5.41) is 0.447. The van der Waals surface area contributed by atoms with Crippen LogP contribution in [0.4, 0.5) is 0 Å². The van der Waals surface area contributed by atoms with Crippen molar-refractivity contribution < 1.29 is 0 Å². The Morgan fingerprint density at radius 1 is 1.11 bits per heavy atom. The topological polar surface area (TPSA) is 26.0 Å². The van der Waals surface area contributed by atoms with E-state index in [1.165, 1.54) is 10.5 Å². The molecule has 1 rings (SSSR count). The summed E-state index contributed by atoms with van der Waals surface area (Å²) in [4.78, 5) is 1.33. The molecule has 0 aliphatic heterocycles. The van der Waals surface area contributed by atoms with Gasteiger partial charge in [0.25, 0.3) is 0 Å². The maximum Gasteiger partial charge on any atom is 0.0294 e. The van der Waals surface area contributed by atoms with Crippen LogP contribution in [0.5, 0.6) is 0 Å². The number of hydrogen-bond acceptors (Lipinski definition) is 2. The van der Waals surface area contributed by atoms with E-state index in [0.717, 1.165) is 6.42 Å². The molecule has 1 aromatic rings. The summed E-state index contributed by atoms with van der Waals surface area (Å²) in [5.74, 6) is 0.593. The maximum atomic E-state index is 6.31. The molecule has 0 aliphatic rings. The molecule has 0 saturated heterocycles. The molecule has 0 bridgehead atoms. The molecule has 0 spiro atoms. The van der Waals surface area contributed by atoms with Crippen molar-refractivity contribution in [2.24, 2.45) is 11.1 Å². The predicted molar refractivity (Wildman–Crippen MR) is 87.9 cm³/mol. The number of hydrogen-bond donors (Lipinski definition) is 1. The molecule has 0 radical (unpaired) electrons. The van der Waals surface area contributed by atoms with Gasteiger partial charge in [-0.25, -0.2) is 0 Å². The first-order valence-corrected chi connectivity index (χ1v) is 8.15. The Hall–Kier alpha value is -0.470. The Kier molecular flexibility index (Phi) is 5.94. The SMILES string of the molecule is CCC(N)C(Sc1ccc(C(C)C)cc1)C(C)(C)C. The molecule has 0 aliphatic carbocycles. The highest BCUT2D eigenvalue weighted by molar-refractivity contribution is 8.00. The van der Waals surface area contributed by atoms with Crippen molar-refractivity contribution in [1.29, 1.82) is 0 Å². The lowest BCUT2D eigenvalue weighted by Crippen LogP contribution is -2.40. The van der Waals surface area contributed by atoms with E-state index >= 15 is 0 Å². The molecule has 0 heterocycles. The van der Waals surface area contributed by atoms with Gasteiger partial charge in [-0.1, -0.05) is 53.7 Å². The van der Waals surface area contributed by atoms with Crippen molar-refractivity contribution in [3.63, 3.8) is 0 Å². The van der Waals surface area contributed by atoms with Crippen LogP contribution in [0.25, 0.3) is 0 Å². The zero-order chi connectivity index (χ0) is 14.6. The Labute approximate surface area is 123 Å². The number of rotatable bonds is 5. The fourth-order valence-corrected chi connectivity index (χ4v) is 3.51. The van der Waals surface area contributed by atoms with Gasteiger partial charge in [0.2, 0.25) is 0 Å². The van der Waals surface area contributed by atoms with Crippen molar-refractivity contribution in [2.75, 3.05) is 0 Å². The van der Waals surface area contributed by atoms with E-state index in [0.29, 0.717) is 11.2 Å². The average Bonchev–Trinajstić information content (AvgIpc) is 2.34. The van der Waals surface area contributed by atoms with Gasteiger partial charge < -0.3 is 5.73 Å². The van der Waals surface area contributed by atoms with Crippen LogP contribution in [0.15, 0.2) is 29.2 Å². The summed E-state index contributed by atoms with van der Waals surface area (Å²) < 4.78 is 0. The van der Waals surface area contributed by atoms with E-state index in [1.807, 2.05) is 11.8 Å². The fraction of sp³-hybridized carbons (Fsp3) is 0.647. The minimum absolute atomic E-state index is 0.219. The van der Waals surface area contributed by atoms with Gasteiger partial charge >= 0.3 is 0 Å². The molecule has 108 valence electrons. The molecule has 2 unspecified atom stereocenters. The Balaban J connectivity index is 2.85. The summed E-state index contributed by atoms with van der Waals surface area (Å²) in [6.07, 6.45) is 1.03. The van der Waals surface area contributed by atoms with Gasteiger partial charge in [-0.2, -0.15) is 0 Å². The molecule has 0 aromatic heterocycles. The summed E-state index contributed by atoms with van der Waals surface area (Å²) in [6, 6.07) is 9.20. The van der Waals surface area contributed by atoms with Crippen LogP contribution in [0, 0.1) is 5.41 Å². The highest BCUT2D eigenvalue weighted by Gasteiger charge is 2.30. The monoisotopic (exact) mass is 279 g/mol. The minimum atomic E-state index is 0.219. The van der Waals surface area contributed by atoms with Crippen molar-refractivity contribution in [2.45, 2.75) is 70.1 Å². The van der Waals surface area contributed by atoms with Crippen LogP contribution in [-0.4, -0.2) is 11.3 Å². The third kappa shape index (κ3) is 4.85. The molecule has 2 atom stereocenters. The van der Waals surface area contributed by atoms with Crippen LogP contribution in [0.3, 0.4) is 0 Å². The van der Waals surface area contributed by atoms with Gasteiger partial charge in [-0.3, -0.25) is 0 Å². The van der Waals surface area contributed by atoms with Crippen molar-refractivity contribution in [3.05, 3.63) is 29.8 Å². The second-order valence-corrected chi connectivity index (χ2v) is 7.92. The fourth-order valence-electron chi connectivity index (χ4n) is 2.20. The highest BCUT2D eigenvalue weighted by atomic mass is 32.2. The van der Waals surface area contributed by atoms with Gasteiger partial charge in [0, 0.05) is 16.2 Å². The van der Waals surface area contributed by atoms with E-state index in [-0.39, 0.29) is 11.5 Å². The van der Waals surface area contributed by atoms with Crippen molar-refractivity contribution in [1.82, 2.24) is 0 Å². The molecule has 19 heavy (non-hydrogen) atoms. The first kappa shape index (κ1) is 16.6. The normalized spacial score (nSPS) is 15.6. The smallest absolute Gasteiger partial charge is 0.0294 e. The summed E-state index contributed by atoms with van der Waals surface area (Å²) in [6.45, 7) is 13.5. The second-order valence-electron chi connectivity index (χ2n) is 6.70. The van der Waals surface area contributed by atoms with Crippen LogP contribution in [-0.2, 0) is 0 Å². The van der Waals surface area contributed by atoms with Gasteiger partial charge in [0.1, 0.15) is 0 Å². The van der Waals surface area contributed by atoms with E-state index < -0.39 is 0 Å². The van der Waals surface area contributed by atoms with Gasteiger partial charge in [-0.15, -0.1) is 11.8 Å². The third-order valence-corrected chi connectivity index (χ3v) is 5.38. The zero-order valence-corrected chi connectivity index (χ0v) is 14.1. The van der Waals surface area contributed by atoms with Crippen LogP contribution >= 0.6 is 11.8 Å². The largest absolute Gasteiger partial charge is 0.327 e. The maximum absolute atomic E-state index is 6.31. The lowest BCUT2D eigenvalue weighted by atomic mass is 9.87. The number of thioether (sulfide) groups is 1. The molecular weight excluding hydrogens is 250 g/mol. The Bertz CT molecular complexity index is 375. The van der Waals surface area contributed by atoms with Crippen LogP contribution in [0.2, 0.25) is 0 Å². The predicted octanol–water partition coefficient (Wildman–Crippen LogP) is 5.05. The first-order chi connectivity index (χ1) is 8.75. The van der Waals surface area contributed by atoms with E-state index in [4.69, 9.17) is 5.73 Å². The molecule has 0 saturated carbocycles. The molecule has 0 fully saturated rings. The van der Waals surface area contributed by atoms with Gasteiger partial charge in [0.15, 0.2) is 0 Å². The summed E-state index contributed by atoms with van der Waals surface area (Å²) >= 11 is 1.92. The van der Waals surface area contributed by atoms with E-state index in [9.17, 15) is 0 Å². The average molecular weight is 279 g/mol. The number of nitrogens with two attached hydrogens (primary N) is 1. The van der Waals surface area contributed by atoms with Crippen molar-refractivity contribution in [3.8, 4) is 0 Å². The van der Waals surface area contributed by atoms with Gasteiger partial charge in [-0.05, 0) is 35.4 Å². The highest BCUT2D eigenvalue weighted by Crippen LogP contribution is 2.38. The minimum Gasteiger partial charge on any atom is -0.327 e. The van der Waals surface area contributed by atoms with Crippen LogP contribution < -0.4 is 5.73 Å². The molecule has 2 N–H and O–H groups in total. The van der Waals surface area contributed by atoms with Crippen molar-refractivity contribution >= 4 is 11.8 Å². The quantitative estimate of drug-likeness (QED) is 0.763. The lowest BCUT2D eigenvalue weighted by Gasteiger charge is -2.34. The Morgan fingerprint density at radius 2 is 1.63 bits per heavy atom. The lowest BCUT2D eigenvalue weighted by molar-refractivity contribution is 0.350. The summed E-state index contributed by atoms with van der Waals surface area (Å²) in [5.41, 5.74) is 7.93. The third-order valence-electron chi connectivity index (χ3n) is 3.52. The second kappa shape index (κ2) is 6.81. The molecule has 1 nitrogen and oxygen atoms in total. The van der Waals surface area contributed by atoms with E-state index in [2.05, 4.69) is 65.8 Å². The molecule has 2 heteroatoms. The number of benzene rings is 1. The summed E-state index contributed by atoms with van der Waals surface area (Å²) in [7, 11) is 0. The molecular formula is C17H29NS.